The minimum Gasteiger partial charge on any atom is -0.487 e. The van der Waals surface area contributed by atoms with Crippen molar-refractivity contribution in [2.45, 2.75) is 112 Å². The molecule has 4 nitrogen and oxygen atoms in total. The van der Waals surface area contributed by atoms with Crippen LogP contribution in [0.25, 0.3) is 0 Å². The average molecular weight is 823 g/mol. The molecule has 4 heteroatoms. The topological polar surface area (TPSA) is 38.8 Å². The third kappa shape index (κ3) is 5.13. The third-order valence-corrected chi connectivity index (χ3v) is 9.96. The second-order valence-electron chi connectivity index (χ2n) is 13.1. The van der Waals surface area contributed by atoms with Gasteiger partial charge in [0.25, 0.3) is 0 Å². The lowest BCUT2D eigenvalue weighted by Crippen LogP contribution is -2.58. The Labute approximate surface area is 455 Å². The second kappa shape index (κ2) is 10.7. The first-order valence-electron chi connectivity index (χ1n) is 14.9. The summed E-state index contributed by atoms with van der Waals surface area (Å²) in [6, 6.07) is 15.3. The number of benzene rings is 2. The molecule has 5 atom stereocenters. The molecule has 38 heavy (non-hydrogen) atoms. The molecule has 0 aromatic heterocycles. The summed E-state index contributed by atoms with van der Waals surface area (Å²) in [5.74, 6) is 1.32. The molecule has 0 radical (unpaired) electrons. The Morgan fingerprint density at radius 1 is 1.03 bits per heavy atom. The van der Waals surface area contributed by atoms with Gasteiger partial charge in [0.15, 0.2) is 17.3 Å². The van der Waals surface area contributed by atoms with Gasteiger partial charge in [-0.3, -0.25) is 9.69 Å². The lowest BCUT2D eigenvalue weighted by Gasteiger charge is -2.58. The van der Waals surface area contributed by atoms with Crippen molar-refractivity contribution in [3.8, 4) is 11.5 Å². The lowest BCUT2D eigenvalue weighted by atomic mass is 9.55. The number of nitrogens with zero attached hydrogens (tertiary/aromatic N) is 1. The van der Waals surface area contributed by atoms with Gasteiger partial charge in [-0.15, -0.1) is 0 Å². The fourth-order valence-corrected chi connectivity index (χ4v) is 6.84. The van der Waals surface area contributed by atoms with Crippen LogP contribution in [0.5, 0.6) is 11.5 Å². The maximum Gasteiger partial charge on any atom is 0.166 e. The van der Waals surface area contributed by atoms with Crippen LogP contribution in [-0.2, 0) is 0 Å². The Morgan fingerprint density at radius 2 is 1.66 bits per heavy atom. The minimum atomic E-state index is -1.13. The number of hydrogen-bond acceptors (Lipinski definition) is 4. The van der Waals surface area contributed by atoms with E-state index in [0.717, 1.165) is 30.5 Å². The average Bonchev–Trinajstić information content (AvgIpc) is 3.06. The van der Waals surface area contributed by atoms with E-state index in [1.807, 2.05) is 26.0 Å². The largest absolute Gasteiger partial charge is 0.487 e. The van der Waals surface area contributed by atoms with Gasteiger partial charge in [0.05, 0.1) is 13.6 Å². The fourth-order valence-electron chi connectivity index (χ4n) is 6.84. The molecule has 1 saturated heterocycles. The van der Waals surface area contributed by atoms with E-state index in [2.05, 4.69) is 76.8 Å². The Kier molecular flexibility index (Phi) is 7.66. The monoisotopic (exact) mass is 823 g/mol. The Bertz CT molecular complexity index is 1320. The maximum atomic E-state index is 14.0. The van der Waals surface area contributed by atoms with Crippen LogP contribution in [0.3, 0.4) is 0 Å². The van der Waals surface area contributed by atoms with Crippen LogP contribution < -0.4 is 9.47 Å². The molecule has 1 fully saturated rings. The third-order valence-electron chi connectivity index (χ3n) is 9.96. The standard InChI is InChI=1S/C34H49NO3.150H2/c1-21(2)37-30-18-27-23(5)29(32(36)28(27)19-31(30)38-22(3)4)20-34(10)16-17-35(25(7)33(34,8)9)24(6)26-14-12-11-13-15-26;;;;;;;;;;;;;;;;;;;;;;;;;;;;;;;;;;;;;;;;;;;;;;;;;;;;;;;;;;;;;;;;;;;;;;;;;;;;;;;;;;;;;;;;;;;;;;;;;;;;;;;;;;;;;;;;;;;;;;;;;;;;;;;;;;;;;;;;;;;;;;;;;;;;;;/h11-15,18-19,21-25,29H,16-17,20H2,1-10H3;150*1H/i22D;;;;;;;;;;;;;;;;;;;;;;;;;;;;;;;;;;;;;;;;;;;;;;;;;;;;;;;;;;;;;;;;;;;;;;;;;;;;;;;;;;;;;;;;;;;;;;;;;;;;;;;;;;;;;;;;;;;;;;;;;;;;;;;;;;;;;;;;;;;;;;;;;;;;;;. The van der Waals surface area contributed by atoms with Crippen LogP contribution in [0.4, 0.5) is 0 Å². The van der Waals surface area contributed by atoms with E-state index in [-0.39, 0.29) is 249 Å². The maximum absolute atomic E-state index is 14.0. The second-order valence-corrected chi connectivity index (χ2v) is 13.1. The molecule has 1 aliphatic carbocycles. The van der Waals surface area contributed by atoms with Crippen LogP contribution >= 0.6 is 0 Å². The molecular weight excluding hydrogens is 470 g/mol. The highest BCUT2D eigenvalue weighted by atomic mass is 16.5. The minimum absolute atomic E-state index is 0. The van der Waals surface area contributed by atoms with Crippen LogP contribution in [0, 0.1) is 16.7 Å². The van der Waals surface area contributed by atoms with Crippen molar-refractivity contribution in [3.63, 3.8) is 0 Å². The summed E-state index contributed by atoms with van der Waals surface area (Å²) in [5, 5.41) is 0. The zero-order valence-electron chi connectivity index (χ0n) is 26.2. The van der Waals surface area contributed by atoms with E-state index < -0.39 is 6.08 Å². The Hall–Kier alpha value is -2.33. The Morgan fingerprint density at radius 3 is 2.26 bits per heavy atom. The summed E-state index contributed by atoms with van der Waals surface area (Å²) >= 11 is 0. The van der Waals surface area contributed by atoms with E-state index in [4.69, 9.17) is 10.8 Å². The van der Waals surface area contributed by atoms with Crippen molar-refractivity contribution in [2.75, 3.05) is 6.54 Å². The van der Waals surface area contributed by atoms with Gasteiger partial charge in [0, 0.05) is 238 Å². The summed E-state index contributed by atoms with van der Waals surface area (Å²) in [6.45, 7) is 22.4. The molecule has 2 aromatic carbocycles. The van der Waals surface area contributed by atoms with Gasteiger partial charge >= 0.3 is 0 Å². The normalized spacial score (nSPS) is 28.7. The molecular formula is C34H349NO3. The van der Waals surface area contributed by atoms with Crippen molar-refractivity contribution in [2.24, 2.45) is 16.7 Å². The van der Waals surface area contributed by atoms with Gasteiger partial charge in [-0.05, 0) is 101 Å². The fraction of sp³-hybridized carbons (Fsp3) is 0.618. The summed E-state index contributed by atoms with van der Waals surface area (Å²) in [7, 11) is 0. The first-order chi connectivity index (χ1) is 18.1. The zero-order valence-corrected chi connectivity index (χ0v) is 25.2. The molecule has 1 heterocycles. The number of fused-ring (bicyclic) bond motifs is 1. The summed E-state index contributed by atoms with van der Waals surface area (Å²) in [4.78, 5) is 16.6. The molecule has 1 aliphatic heterocycles. The number of Topliss-reactive ketones (excluding diaryl/α,β-unsaturated/α-hetero) is 1. The lowest BCUT2D eigenvalue weighted by molar-refractivity contribution is -0.0884. The van der Waals surface area contributed by atoms with E-state index in [9.17, 15) is 4.79 Å². The smallest absolute Gasteiger partial charge is 0.166 e. The number of ketones is 1. The van der Waals surface area contributed by atoms with Crippen molar-refractivity contribution in [1.82, 2.24) is 4.90 Å². The zero-order chi connectivity index (χ0) is 28.9. The number of piperidine rings is 1. The van der Waals surface area contributed by atoms with Gasteiger partial charge in [-0.1, -0.05) is 58.0 Å². The molecule has 5 unspecified atom stereocenters. The summed E-state index contributed by atoms with van der Waals surface area (Å²) < 4.78 is 20.3. The number of hydrogen-bond donors (Lipinski definition) is 0. The first-order valence-corrected chi connectivity index (χ1v) is 14.4. The number of carbonyl (C=O) groups excluding carboxylic acids is 1. The highest BCUT2D eigenvalue weighted by Gasteiger charge is 2.53. The van der Waals surface area contributed by atoms with E-state index in [1.165, 1.54) is 5.56 Å². The number of rotatable bonds is 8. The predicted molar refractivity (Wildman–Crippen MR) is 473 cm³/mol. The SMILES string of the molecule is [2H]C(C)(C)Oc1cc2c(cc1OC(C)C)C(C)C(CC1(C)CCN(C(C)c3ccccc3)C(C)C1(C)C)C2=O.[HH].[HH].[HH].[HH].[HH].[HH].[HH].[HH].[HH].[HH].[HH].[HH].[HH].[HH].[HH].[HH].[HH].[HH].[HH].[HH].[HH].[HH].[HH].[HH].[HH].[HH].[HH].[HH].[HH].[HH].[HH].[HH].[HH].[HH].[HH].[HH].[HH].[HH].[HH].[HH].[HH].[HH].[HH].[HH].[HH].[HH].[HH].[HH].[HH].[HH].[HH].[HH].[HH].[HH].[HH].[HH].[HH].[HH].[HH].[HH].[HH].[HH].[HH].[HH].[HH].[HH].[HH].[HH].[HH].[HH].[HH].[HH].[HH].[HH].[HH].[HH].[HH].[HH].[HH].[HH].[HH].[HH].[HH].[HH].[HH].[HH].[HH].[HH].[HH].[HH].[HH].[HH].[HH].[HH].[HH].[HH].[HH].[HH].[HH].[HH].[HH].[HH].[HH].[HH].[HH].[HH].[HH].[HH].[HH].[HH].[HH].[HH].[HH].[HH].[HH].[HH].[HH].[HH].[HH].[HH].[HH].[HH].[HH].[HH].[HH].[HH].[HH].[HH].[HH].[HH].[HH].[HH].[HH].[HH].[HH].[HH].[HH].[HH].[HH].[HH].[HH].[HH].[HH].[HH].[HH].[HH].[HH].[HH].[HH].[HH]. The molecule has 0 spiro atoms. The molecule has 508 valence electrons. The van der Waals surface area contributed by atoms with Crippen LogP contribution in [-0.4, -0.2) is 35.5 Å². The van der Waals surface area contributed by atoms with Gasteiger partial charge in [-0.25, -0.2) is 0 Å². The molecule has 0 N–H and O–H groups in total. The molecule has 0 bridgehead atoms. The van der Waals surface area contributed by atoms with Crippen molar-refractivity contribution >= 4 is 5.78 Å². The molecule has 0 amide bonds. The number of likely N-dealkylation sites (tertiary alicyclic amines) is 1. The van der Waals surface area contributed by atoms with Gasteiger partial charge in [0.1, 0.15) is 0 Å². The highest BCUT2D eigenvalue weighted by Crippen LogP contribution is 2.57. The molecule has 0 saturated carbocycles. The predicted octanol–water partition coefficient (Wildman–Crippen LogP) is 45.4. The van der Waals surface area contributed by atoms with Crippen molar-refractivity contribution in [1.29, 1.82) is 0 Å². The molecule has 4 rings (SSSR count). The quantitative estimate of drug-likeness (QED) is 0.266. The highest BCUT2D eigenvalue weighted by molar-refractivity contribution is 6.03. The van der Waals surface area contributed by atoms with E-state index in [1.54, 1.807) is 13.8 Å². The van der Waals surface area contributed by atoms with Gasteiger partial charge in [0.2, 0.25) is 0 Å². The van der Waals surface area contributed by atoms with Gasteiger partial charge in [-0.2, -0.15) is 0 Å². The Balaban J connectivity index is -0.000000000811. The van der Waals surface area contributed by atoms with E-state index >= 15 is 0 Å². The first kappa shape index (κ1) is 27.2. The van der Waals surface area contributed by atoms with Gasteiger partial charge < -0.3 is 9.47 Å². The summed E-state index contributed by atoms with van der Waals surface area (Å²) in [5.41, 5.74) is 3.15. The number of ether oxygens (including phenoxy) is 2. The van der Waals surface area contributed by atoms with Crippen LogP contribution in [0.2, 0.25) is 0 Å². The van der Waals surface area contributed by atoms with Crippen LogP contribution in [0.15, 0.2) is 42.5 Å². The molecule has 2 aliphatic rings. The van der Waals surface area contributed by atoms with E-state index in [0.29, 0.717) is 23.6 Å². The van der Waals surface area contributed by atoms with Crippen molar-refractivity contribution < 1.29 is 230 Å². The van der Waals surface area contributed by atoms with Crippen molar-refractivity contribution in [3.05, 3.63) is 59.2 Å². The number of carbonyl (C=O) groups is 1. The molecule has 2 aromatic rings. The van der Waals surface area contributed by atoms with Crippen LogP contribution in [0.1, 0.15) is 331 Å². The summed E-state index contributed by atoms with van der Waals surface area (Å²) in [6.07, 6.45) is 0.742.